The van der Waals surface area contributed by atoms with Gasteiger partial charge in [-0.05, 0) is 63.4 Å². The highest BCUT2D eigenvalue weighted by molar-refractivity contribution is 6.70. The summed E-state index contributed by atoms with van der Waals surface area (Å²) in [7, 11) is -0.365. The van der Waals surface area contributed by atoms with Gasteiger partial charge in [-0.25, -0.2) is 0 Å². The molecule has 0 atom stereocenters. The van der Waals surface area contributed by atoms with Crippen LogP contribution >= 0.6 is 11.6 Å². The number of hydrogen-bond donors (Lipinski definition) is 0. The fourth-order valence-electron chi connectivity index (χ4n) is 3.09. The second kappa shape index (κ2) is 8.97. The molecular formula is C18H29ClNSi. The molecule has 0 spiro atoms. The Morgan fingerprint density at radius 1 is 1.05 bits per heavy atom. The van der Waals surface area contributed by atoms with E-state index < -0.39 is 0 Å². The van der Waals surface area contributed by atoms with Crippen molar-refractivity contribution in [2.75, 3.05) is 19.6 Å². The zero-order valence-corrected chi connectivity index (χ0v) is 15.4. The molecular weight excluding hydrogens is 294 g/mol. The molecule has 0 aromatic heterocycles. The third-order valence-electron chi connectivity index (χ3n) is 4.49. The molecule has 1 heterocycles. The van der Waals surface area contributed by atoms with Crippen LogP contribution in [0.4, 0.5) is 0 Å². The van der Waals surface area contributed by atoms with Gasteiger partial charge >= 0.3 is 0 Å². The summed E-state index contributed by atoms with van der Waals surface area (Å²) in [4.78, 5) is 2.64. The van der Waals surface area contributed by atoms with E-state index in [-0.39, 0.29) is 8.80 Å². The topological polar surface area (TPSA) is 3.24 Å². The second-order valence-electron chi connectivity index (χ2n) is 6.52. The predicted molar refractivity (Wildman–Crippen MR) is 96.4 cm³/mol. The molecule has 117 valence electrons. The van der Waals surface area contributed by atoms with E-state index in [2.05, 4.69) is 36.2 Å². The van der Waals surface area contributed by atoms with Crippen molar-refractivity contribution in [1.29, 1.82) is 0 Å². The lowest BCUT2D eigenvalue weighted by Crippen LogP contribution is -2.30. The van der Waals surface area contributed by atoms with Crippen molar-refractivity contribution in [2.24, 2.45) is 0 Å². The van der Waals surface area contributed by atoms with Gasteiger partial charge in [0.15, 0.2) is 0 Å². The highest BCUT2D eigenvalue weighted by Crippen LogP contribution is 2.18. The molecule has 1 fully saturated rings. The van der Waals surface area contributed by atoms with Gasteiger partial charge in [-0.15, -0.1) is 0 Å². The Morgan fingerprint density at radius 3 is 2.52 bits per heavy atom. The van der Waals surface area contributed by atoms with Gasteiger partial charge in [-0.3, -0.25) is 0 Å². The third kappa shape index (κ3) is 5.76. The van der Waals surface area contributed by atoms with Crippen molar-refractivity contribution < 1.29 is 0 Å². The summed E-state index contributed by atoms with van der Waals surface area (Å²) in [6.07, 6.45) is 9.32. The van der Waals surface area contributed by atoms with Crippen molar-refractivity contribution in [2.45, 2.75) is 58.0 Å². The average Bonchev–Trinajstić information content (AvgIpc) is 2.49. The van der Waals surface area contributed by atoms with Gasteiger partial charge in [0.1, 0.15) is 0 Å². The number of likely N-dealkylation sites (tertiary alicyclic amines) is 1. The maximum atomic E-state index is 6.34. The van der Waals surface area contributed by atoms with Crippen LogP contribution < -0.4 is 5.19 Å². The molecule has 0 bridgehead atoms. The minimum absolute atomic E-state index is 0.365. The standard InChI is InChI=1S/C18H29ClNSi/c1-21(2)17-10-11-18(19)16(15-17)9-5-3-6-12-20-13-7-4-8-14-20/h10-11,15H,3-9,12-14H2,1-2H3. The largest absolute Gasteiger partial charge is 0.303 e. The van der Waals surface area contributed by atoms with Crippen LogP contribution in [-0.4, -0.2) is 33.3 Å². The number of piperidine rings is 1. The summed E-state index contributed by atoms with van der Waals surface area (Å²) in [5.41, 5.74) is 1.36. The molecule has 21 heavy (non-hydrogen) atoms. The molecule has 1 nitrogen and oxygen atoms in total. The maximum absolute atomic E-state index is 6.34. The van der Waals surface area contributed by atoms with E-state index in [1.54, 1.807) is 0 Å². The molecule has 0 aliphatic carbocycles. The van der Waals surface area contributed by atoms with Crippen molar-refractivity contribution >= 4 is 25.6 Å². The summed E-state index contributed by atoms with van der Waals surface area (Å²) in [5.74, 6) is 0. The summed E-state index contributed by atoms with van der Waals surface area (Å²) < 4.78 is 0. The second-order valence-corrected chi connectivity index (χ2v) is 9.50. The lowest BCUT2D eigenvalue weighted by Gasteiger charge is -2.26. The molecule has 3 heteroatoms. The lowest BCUT2D eigenvalue weighted by atomic mass is 10.1. The van der Waals surface area contributed by atoms with Crippen LogP contribution in [0.1, 0.15) is 44.1 Å². The molecule has 1 aliphatic heterocycles. The number of hydrogen-bond acceptors (Lipinski definition) is 1. The van der Waals surface area contributed by atoms with Crippen molar-refractivity contribution in [3.8, 4) is 0 Å². The van der Waals surface area contributed by atoms with E-state index in [1.807, 2.05) is 0 Å². The molecule has 0 amide bonds. The highest BCUT2D eigenvalue weighted by atomic mass is 35.5. The molecule has 1 aromatic carbocycles. The molecule has 0 unspecified atom stereocenters. The van der Waals surface area contributed by atoms with Crippen LogP contribution in [0.2, 0.25) is 18.1 Å². The van der Waals surface area contributed by atoms with Gasteiger partial charge in [0, 0.05) is 5.02 Å². The zero-order valence-electron chi connectivity index (χ0n) is 13.6. The normalized spacial score (nSPS) is 16.6. The summed E-state index contributed by atoms with van der Waals surface area (Å²) in [6, 6.07) is 6.65. The maximum Gasteiger partial charge on any atom is 0.0791 e. The van der Waals surface area contributed by atoms with Crippen LogP contribution in [0.3, 0.4) is 0 Å². The quantitative estimate of drug-likeness (QED) is 0.527. The third-order valence-corrected chi connectivity index (χ3v) is 6.33. The van der Waals surface area contributed by atoms with Crippen molar-refractivity contribution in [3.63, 3.8) is 0 Å². The number of nitrogens with zero attached hydrogens (tertiary/aromatic N) is 1. The smallest absolute Gasteiger partial charge is 0.0791 e. The first kappa shape index (κ1) is 17.0. The fourth-order valence-corrected chi connectivity index (χ4v) is 4.18. The van der Waals surface area contributed by atoms with E-state index in [9.17, 15) is 0 Å². The molecule has 0 N–H and O–H groups in total. The number of rotatable bonds is 7. The Morgan fingerprint density at radius 2 is 1.81 bits per heavy atom. The van der Waals surface area contributed by atoms with Crippen LogP contribution in [0.5, 0.6) is 0 Å². The number of unbranched alkanes of at least 4 members (excludes halogenated alkanes) is 2. The molecule has 2 rings (SSSR count). The van der Waals surface area contributed by atoms with Crippen LogP contribution in [0.25, 0.3) is 0 Å². The Kier molecular flexibility index (Phi) is 7.28. The Labute approximate surface area is 137 Å². The first-order chi connectivity index (χ1) is 10.2. The number of aryl methyl sites for hydroxylation is 1. The van der Waals surface area contributed by atoms with Gasteiger partial charge in [0.05, 0.1) is 8.80 Å². The van der Waals surface area contributed by atoms with Crippen LogP contribution in [0.15, 0.2) is 18.2 Å². The molecule has 1 aromatic rings. The van der Waals surface area contributed by atoms with Gasteiger partial charge < -0.3 is 4.90 Å². The number of benzene rings is 1. The van der Waals surface area contributed by atoms with Crippen LogP contribution in [0, 0.1) is 0 Å². The molecule has 0 saturated carbocycles. The molecule has 1 saturated heterocycles. The van der Waals surface area contributed by atoms with E-state index in [0.29, 0.717) is 0 Å². The first-order valence-corrected chi connectivity index (χ1v) is 11.4. The Bertz CT molecular complexity index is 427. The van der Waals surface area contributed by atoms with Crippen molar-refractivity contribution in [3.05, 3.63) is 28.8 Å². The van der Waals surface area contributed by atoms with Crippen molar-refractivity contribution in [1.82, 2.24) is 4.90 Å². The van der Waals surface area contributed by atoms with Gasteiger partial charge in [-0.2, -0.15) is 0 Å². The highest BCUT2D eigenvalue weighted by Gasteiger charge is 2.09. The van der Waals surface area contributed by atoms with Gasteiger partial charge in [0.25, 0.3) is 0 Å². The predicted octanol–water partition coefficient (Wildman–Crippen LogP) is 4.50. The summed E-state index contributed by atoms with van der Waals surface area (Å²) in [6.45, 7) is 8.63. The zero-order chi connectivity index (χ0) is 15.1. The minimum atomic E-state index is -0.365. The Balaban J connectivity index is 1.69. The van der Waals surface area contributed by atoms with E-state index >= 15 is 0 Å². The molecule has 1 aliphatic rings. The first-order valence-electron chi connectivity index (χ1n) is 8.48. The lowest BCUT2D eigenvalue weighted by molar-refractivity contribution is 0.224. The summed E-state index contributed by atoms with van der Waals surface area (Å²) in [5, 5.41) is 2.46. The van der Waals surface area contributed by atoms with Crippen LogP contribution in [-0.2, 0) is 6.42 Å². The Hall–Kier alpha value is -0.313. The minimum Gasteiger partial charge on any atom is -0.303 e. The van der Waals surface area contributed by atoms with Gasteiger partial charge in [0.2, 0.25) is 0 Å². The van der Waals surface area contributed by atoms with Gasteiger partial charge in [-0.1, -0.05) is 54.9 Å². The van der Waals surface area contributed by atoms with E-state index in [0.717, 1.165) is 11.4 Å². The van der Waals surface area contributed by atoms with E-state index in [4.69, 9.17) is 11.6 Å². The van der Waals surface area contributed by atoms with E-state index in [1.165, 1.54) is 68.9 Å². The monoisotopic (exact) mass is 322 g/mol. The number of halogens is 1. The fraction of sp³-hybridized carbons (Fsp3) is 0.667. The SMILES string of the molecule is C[Si](C)c1ccc(Cl)c(CCCCCN2CCCCC2)c1. The average molecular weight is 323 g/mol. The summed E-state index contributed by atoms with van der Waals surface area (Å²) >= 11 is 6.34. The molecule has 1 radical (unpaired) electrons.